The van der Waals surface area contributed by atoms with Gasteiger partial charge in [0.1, 0.15) is 17.0 Å². The highest BCUT2D eigenvalue weighted by Gasteiger charge is 2.28. The number of aromatic nitrogens is 2. The quantitative estimate of drug-likeness (QED) is 0.451. The van der Waals surface area contributed by atoms with Crippen LogP contribution in [0.1, 0.15) is 52.4 Å². The highest BCUT2D eigenvalue weighted by molar-refractivity contribution is 6.10. The number of ketones is 1. The first-order chi connectivity index (χ1) is 14.3. The Hall–Kier alpha value is -3.75. The van der Waals surface area contributed by atoms with Crippen LogP contribution in [-0.2, 0) is 16.0 Å². The van der Waals surface area contributed by atoms with Gasteiger partial charge in [0.15, 0.2) is 5.78 Å². The third-order valence-electron chi connectivity index (χ3n) is 4.43. The zero-order chi connectivity index (χ0) is 21.8. The fourth-order valence-corrected chi connectivity index (χ4v) is 3.11. The first-order valence-electron chi connectivity index (χ1n) is 9.41. The van der Waals surface area contributed by atoms with E-state index in [1.54, 1.807) is 31.2 Å². The van der Waals surface area contributed by atoms with Crippen LogP contribution in [0.3, 0.4) is 0 Å². The Morgan fingerprint density at radius 1 is 1.20 bits per heavy atom. The minimum atomic E-state index is -0.762. The highest BCUT2D eigenvalue weighted by atomic mass is 16.5. The molecule has 0 aliphatic rings. The van der Waals surface area contributed by atoms with Gasteiger partial charge in [-0.3, -0.25) is 19.7 Å². The topological polar surface area (TPSA) is 131 Å². The second-order valence-corrected chi connectivity index (χ2v) is 6.59. The van der Waals surface area contributed by atoms with E-state index in [1.807, 2.05) is 0 Å². The number of rotatable bonds is 7. The van der Waals surface area contributed by atoms with Gasteiger partial charge in [-0.2, -0.15) is 0 Å². The molecule has 0 spiro atoms. The molecule has 1 aromatic carbocycles. The summed E-state index contributed by atoms with van der Waals surface area (Å²) in [7, 11) is 0. The smallest absolute Gasteiger partial charge is 0.344 e. The predicted molar refractivity (Wildman–Crippen MR) is 109 cm³/mol. The number of H-pyrrole nitrogens is 1. The number of benzene rings is 1. The second kappa shape index (κ2) is 8.73. The summed E-state index contributed by atoms with van der Waals surface area (Å²) < 4.78 is 10.4. The molecule has 0 radical (unpaired) electrons. The Bertz CT molecular complexity index is 1190. The number of para-hydroxylation sites is 2. The third kappa shape index (κ3) is 4.29. The van der Waals surface area contributed by atoms with Gasteiger partial charge in [-0.05, 0) is 32.9 Å². The van der Waals surface area contributed by atoms with Crippen molar-refractivity contribution in [3.63, 3.8) is 0 Å². The summed E-state index contributed by atoms with van der Waals surface area (Å²) in [5, 5.41) is 2.49. The molecule has 9 heteroatoms. The van der Waals surface area contributed by atoms with E-state index in [2.05, 4.69) is 15.3 Å². The fourth-order valence-electron chi connectivity index (χ4n) is 3.11. The van der Waals surface area contributed by atoms with Gasteiger partial charge in [-0.15, -0.1) is 0 Å². The maximum atomic E-state index is 12.4. The SMILES string of the molecule is CCOC(=O)c1c(NC(=O)CCc2nc3ccccc3[nH]c2=O)oc(C)c1C(C)=O. The number of hydrogen-bond acceptors (Lipinski definition) is 7. The maximum Gasteiger partial charge on any atom is 0.344 e. The summed E-state index contributed by atoms with van der Waals surface area (Å²) in [6.45, 7) is 4.55. The zero-order valence-corrected chi connectivity index (χ0v) is 16.8. The number of hydrogen-bond donors (Lipinski definition) is 2. The van der Waals surface area contributed by atoms with Crippen molar-refractivity contribution in [3.05, 3.63) is 57.2 Å². The van der Waals surface area contributed by atoms with Crippen LogP contribution in [0.2, 0.25) is 0 Å². The number of nitrogens with zero attached hydrogens (tertiary/aromatic N) is 1. The van der Waals surface area contributed by atoms with Crippen LogP contribution in [0.15, 0.2) is 33.5 Å². The van der Waals surface area contributed by atoms with Crippen LogP contribution in [0.25, 0.3) is 11.0 Å². The fraction of sp³-hybridized carbons (Fsp3) is 0.286. The summed E-state index contributed by atoms with van der Waals surface area (Å²) in [6.07, 6.45) is 0.00579. The molecule has 0 unspecified atom stereocenters. The molecule has 0 aliphatic carbocycles. The third-order valence-corrected chi connectivity index (χ3v) is 4.43. The molecule has 2 N–H and O–H groups in total. The number of nitrogens with one attached hydrogen (secondary N) is 2. The van der Waals surface area contributed by atoms with E-state index in [0.29, 0.717) is 11.0 Å². The molecule has 0 bridgehead atoms. The Morgan fingerprint density at radius 3 is 2.63 bits per heavy atom. The number of Topliss-reactive ketones (excluding diaryl/α,β-unsaturated/α-hetero) is 1. The van der Waals surface area contributed by atoms with Gasteiger partial charge in [0.25, 0.3) is 5.56 Å². The molecule has 30 heavy (non-hydrogen) atoms. The van der Waals surface area contributed by atoms with Gasteiger partial charge in [0, 0.05) is 12.8 Å². The maximum absolute atomic E-state index is 12.4. The van der Waals surface area contributed by atoms with E-state index in [-0.39, 0.29) is 59.3 Å². The zero-order valence-electron chi connectivity index (χ0n) is 16.8. The Morgan fingerprint density at radius 2 is 1.93 bits per heavy atom. The van der Waals surface area contributed by atoms with Crippen LogP contribution in [0.4, 0.5) is 5.88 Å². The average molecular weight is 411 g/mol. The number of fused-ring (bicyclic) bond motifs is 1. The molecule has 9 nitrogen and oxygen atoms in total. The number of amides is 1. The molecular weight excluding hydrogens is 390 g/mol. The second-order valence-electron chi connectivity index (χ2n) is 6.59. The van der Waals surface area contributed by atoms with Gasteiger partial charge in [0.05, 0.1) is 23.2 Å². The largest absolute Gasteiger partial charge is 0.462 e. The van der Waals surface area contributed by atoms with Gasteiger partial charge >= 0.3 is 5.97 Å². The number of ether oxygens (including phenoxy) is 1. The van der Waals surface area contributed by atoms with Crippen LogP contribution in [-0.4, -0.2) is 34.2 Å². The number of aryl methyl sites for hydroxylation is 2. The summed E-state index contributed by atoms with van der Waals surface area (Å²) in [6, 6.07) is 7.08. The van der Waals surface area contributed by atoms with Crippen LogP contribution >= 0.6 is 0 Å². The van der Waals surface area contributed by atoms with Crippen LogP contribution in [0, 0.1) is 6.92 Å². The normalized spacial score (nSPS) is 10.8. The first kappa shape index (κ1) is 21.0. The molecule has 1 amide bonds. The molecule has 0 saturated carbocycles. The minimum Gasteiger partial charge on any atom is -0.462 e. The predicted octanol–water partition coefficient (Wildman–Crippen LogP) is 2.78. The minimum absolute atomic E-state index is 0.0661. The monoisotopic (exact) mass is 411 g/mol. The molecule has 0 saturated heterocycles. The lowest BCUT2D eigenvalue weighted by molar-refractivity contribution is -0.116. The number of anilines is 1. The summed E-state index contributed by atoms with van der Waals surface area (Å²) in [5.74, 6) is -1.59. The van der Waals surface area contributed by atoms with E-state index in [9.17, 15) is 19.2 Å². The van der Waals surface area contributed by atoms with E-state index < -0.39 is 11.9 Å². The number of carbonyl (C=O) groups excluding carboxylic acids is 3. The number of furan rings is 1. The molecule has 0 aliphatic heterocycles. The van der Waals surface area contributed by atoms with Crippen molar-refractivity contribution in [3.8, 4) is 0 Å². The van der Waals surface area contributed by atoms with Crippen molar-refractivity contribution in [1.29, 1.82) is 0 Å². The Balaban J connectivity index is 1.79. The van der Waals surface area contributed by atoms with Crippen molar-refractivity contribution in [1.82, 2.24) is 9.97 Å². The van der Waals surface area contributed by atoms with E-state index in [1.165, 1.54) is 13.8 Å². The Kier molecular flexibility index (Phi) is 6.10. The number of esters is 1. The molecule has 3 aromatic rings. The van der Waals surface area contributed by atoms with Gasteiger partial charge < -0.3 is 14.1 Å². The summed E-state index contributed by atoms with van der Waals surface area (Å²) in [5.41, 5.74) is 1.02. The van der Waals surface area contributed by atoms with Crippen molar-refractivity contribution in [2.24, 2.45) is 0 Å². The lowest BCUT2D eigenvalue weighted by Gasteiger charge is -2.06. The molecule has 2 aromatic heterocycles. The van der Waals surface area contributed by atoms with E-state index in [4.69, 9.17) is 9.15 Å². The summed E-state index contributed by atoms with van der Waals surface area (Å²) in [4.78, 5) is 55.9. The average Bonchev–Trinajstić information content (AvgIpc) is 3.02. The van der Waals surface area contributed by atoms with Crippen LogP contribution < -0.4 is 10.9 Å². The molecule has 0 fully saturated rings. The van der Waals surface area contributed by atoms with Gasteiger partial charge in [-0.1, -0.05) is 12.1 Å². The molecule has 3 rings (SSSR count). The highest BCUT2D eigenvalue weighted by Crippen LogP contribution is 2.28. The van der Waals surface area contributed by atoms with E-state index in [0.717, 1.165) is 0 Å². The first-order valence-corrected chi connectivity index (χ1v) is 9.41. The molecule has 156 valence electrons. The lowest BCUT2D eigenvalue weighted by atomic mass is 10.1. The van der Waals surface area contributed by atoms with Crippen molar-refractivity contribution < 1.29 is 23.5 Å². The standard InChI is InChI=1S/C21H21N3O6/c1-4-29-21(28)18-17(11(2)25)12(3)30-20(18)24-16(26)10-9-15-19(27)23-14-8-6-5-7-13(14)22-15/h5-8H,4,9-10H2,1-3H3,(H,23,27)(H,24,26). The van der Waals surface area contributed by atoms with E-state index >= 15 is 0 Å². The molecular formula is C21H21N3O6. The molecule has 2 heterocycles. The van der Waals surface area contributed by atoms with Gasteiger partial charge in [0.2, 0.25) is 11.8 Å². The Labute approximate surface area is 171 Å². The van der Waals surface area contributed by atoms with Gasteiger partial charge in [-0.25, -0.2) is 9.78 Å². The number of aromatic amines is 1. The van der Waals surface area contributed by atoms with Crippen LogP contribution in [0.5, 0.6) is 0 Å². The lowest BCUT2D eigenvalue weighted by Crippen LogP contribution is -2.20. The van der Waals surface area contributed by atoms with Crippen molar-refractivity contribution in [2.75, 3.05) is 11.9 Å². The molecule has 0 atom stereocenters. The summed E-state index contributed by atoms with van der Waals surface area (Å²) >= 11 is 0. The number of carbonyl (C=O) groups is 3. The van der Waals surface area contributed by atoms with Crippen molar-refractivity contribution in [2.45, 2.75) is 33.6 Å². The van der Waals surface area contributed by atoms with Crippen molar-refractivity contribution >= 4 is 34.6 Å².